The number of nitrogens with one attached hydrogen (secondary N) is 1. The maximum absolute atomic E-state index is 13.5. The number of ether oxygens (including phenoxy) is 1. The average molecular weight is 273 g/mol. The largest absolute Gasteiger partial charge is 0.457 e. The summed E-state index contributed by atoms with van der Waals surface area (Å²) in [6, 6.07) is 12.8. The summed E-state index contributed by atoms with van der Waals surface area (Å²) in [6.07, 6.45) is 1.09. The van der Waals surface area contributed by atoms with E-state index in [1.54, 1.807) is 19.1 Å². The molecule has 2 aromatic rings. The molecule has 0 saturated carbocycles. The van der Waals surface area contributed by atoms with Crippen LogP contribution in [0.5, 0.6) is 11.5 Å². The first kappa shape index (κ1) is 14.5. The number of hydrogen-bond acceptors (Lipinski definition) is 2. The number of para-hydroxylation sites is 1. The molecule has 20 heavy (non-hydrogen) atoms. The molecule has 2 nitrogen and oxygen atoms in total. The van der Waals surface area contributed by atoms with Crippen LogP contribution in [0.3, 0.4) is 0 Å². The summed E-state index contributed by atoms with van der Waals surface area (Å²) < 4.78 is 19.3. The monoisotopic (exact) mass is 273 g/mol. The molecule has 0 fully saturated rings. The molecule has 0 unspecified atom stereocenters. The molecule has 0 aliphatic rings. The Morgan fingerprint density at radius 2 is 1.95 bits per heavy atom. The summed E-state index contributed by atoms with van der Waals surface area (Å²) in [7, 11) is 0. The minimum atomic E-state index is -0.246. The molecular formula is C17H20FNO. The highest BCUT2D eigenvalue weighted by Gasteiger charge is 2.06. The third-order valence-electron chi connectivity index (χ3n) is 3.09. The topological polar surface area (TPSA) is 21.3 Å². The first-order valence-electron chi connectivity index (χ1n) is 6.93. The lowest BCUT2D eigenvalue weighted by molar-refractivity contribution is 0.467. The van der Waals surface area contributed by atoms with Crippen molar-refractivity contribution in [3.05, 3.63) is 59.4 Å². The molecule has 3 heteroatoms. The summed E-state index contributed by atoms with van der Waals surface area (Å²) in [4.78, 5) is 0. The lowest BCUT2D eigenvalue weighted by Crippen LogP contribution is -2.14. The van der Waals surface area contributed by atoms with Gasteiger partial charge in [0.05, 0.1) is 0 Å². The van der Waals surface area contributed by atoms with Gasteiger partial charge in [0.1, 0.15) is 17.3 Å². The highest BCUT2D eigenvalue weighted by atomic mass is 19.1. The Hall–Kier alpha value is -1.87. The highest BCUT2D eigenvalue weighted by Crippen LogP contribution is 2.26. The molecule has 0 aromatic heterocycles. The van der Waals surface area contributed by atoms with Gasteiger partial charge in [-0.05, 0) is 37.6 Å². The second-order valence-electron chi connectivity index (χ2n) is 4.80. The summed E-state index contributed by atoms with van der Waals surface area (Å²) in [6.45, 7) is 5.58. The molecule has 0 bridgehead atoms. The summed E-state index contributed by atoms with van der Waals surface area (Å²) in [5.74, 6) is 1.04. The molecule has 0 atom stereocenters. The second-order valence-corrected chi connectivity index (χ2v) is 4.80. The number of halogens is 1. The summed E-state index contributed by atoms with van der Waals surface area (Å²) in [5, 5.41) is 3.34. The van der Waals surface area contributed by atoms with Crippen LogP contribution in [-0.2, 0) is 6.54 Å². The van der Waals surface area contributed by atoms with Crippen LogP contribution >= 0.6 is 0 Å². The first-order chi connectivity index (χ1) is 9.70. The number of rotatable bonds is 6. The van der Waals surface area contributed by atoms with E-state index >= 15 is 0 Å². The highest BCUT2D eigenvalue weighted by molar-refractivity contribution is 5.38. The zero-order valence-corrected chi connectivity index (χ0v) is 11.9. The average Bonchev–Trinajstić information content (AvgIpc) is 2.45. The van der Waals surface area contributed by atoms with E-state index in [0.717, 1.165) is 30.8 Å². The van der Waals surface area contributed by atoms with Gasteiger partial charge in [-0.3, -0.25) is 0 Å². The predicted octanol–water partition coefficient (Wildman–Crippen LogP) is 4.43. The van der Waals surface area contributed by atoms with E-state index in [4.69, 9.17) is 4.74 Å². The van der Waals surface area contributed by atoms with Crippen molar-refractivity contribution in [3.8, 4) is 11.5 Å². The van der Waals surface area contributed by atoms with Gasteiger partial charge in [0.15, 0.2) is 0 Å². The summed E-state index contributed by atoms with van der Waals surface area (Å²) >= 11 is 0. The van der Waals surface area contributed by atoms with Crippen LogP contribution in [0.1, 0.15) is 24.5 Å². The van der Waals surface area contributed by atoms with Gasteiger partial charge in [-0.25, -0.2) is 4.39 Å². The molecule has 2 rings (SSSR count). The Labute approximate surface area is 119 Å². The lowest BCUT2D eigenvalue weighted by atomic mass is 10.2. The van der Waals surface area contributed by atoms with Crippen molar-refractivity contribution in [2.45, 2.75) is 26.8 Å². The van der Waals surface area contributed by atoms with Crippen molar-refractivity contribution in [3.63, 3.8) is 0 Å². The molecule has 0 aliphatic carbocycles. The van der Waals surface area contributed by atoms with Gasteiger partial charge in [0.2, 0.25) is 0 Å². The second kappa shape index (κ2) is 7.06. The van der Waals surface area contributed by atoms with Gasteiger partial charge in [-0.2, -0.15) is 0 Å². The zero-order valence-electron chi connectivity index (χ0n) is 11.9. The lowest BCUT2D eigenvalue weighted by Gasteiger charge is -2.12. The molecule has 0 heterocycles. The van der Waals surface area contributed by atoms with Gasteiger partial charge >= 0.3 is 0 Å². The maximum Gasteiger partial charge on any atom is 0.131 e. The van der Waals surface area contributed by atoms with E-state index in [2.05, 4.69) is 12.2 Å². The molecular weight excluding hydrogens is 253 g/mol. The zero-order chi connectivity index (χ0) is 14.4. The third kappa shape index (κ3) is 3.81. The summed E-state index contributed by atoms with van der Waals surface area (Å²) in [5.41, 5.74) is 1.69. The molecule has 0 amide bonds. The van der Waals surface area contributed by atoms with Crippen molar-refractivity contribution in [1.29, 1.82) is 0 Å². The van der Waals surface area contributed by atoms with Crippen LogP contribution in [-0.4, -0.2) is 6.54 Å². The van der Waals surface area contributed by atoms with Gasteiger partial charge in [0, 0.05) is 18.2 Å². The van der Waals surface area contributed by atoms with Gasteiger partial charge in [-0.15, -0.1) is 0 Å². The van der Waals surface area contributed by atoms with E-state index in [1.165, 1.54) is 6.07 Å². The van der Waals surface area contributed by atoms with Gasteiger partial charge in [0.25, 0.3) is 0 Å². The standard InChI is InChI=1S/C17H20FNO/c1-3-10-19-12-14-6-4-5-7-17(14)20-15-9-8-13(2)16(18)11-15/h4-9,11,19H,3,10,12H2,1-2H3. The fourth-order valence-electron chi connectivity index (χ4n) is 1.91. The molecule has 0 spiro atoms. The van der Waals surface area contributed by atoms with Crippen LogP contribution < -0.4 is 10.1 Å². The first-order valence-corrected chi connectivity index (χ1v) is 6.93. The van der Waals surface area contributed by atoms with E-state index in [9.17, 15) is 4.39 Å². The Morgan fingerprint density at radius 3 is 2.70 bits per heavy atom. The maximum atomic E-state index is 13.5. The fraction of sp³-hybridized carbons (Fsp3) is 0.294. The smallest absolute Gasteiger partial charge is 0.131 e. The minimum absolute atomic E-state index is 0.246. The minimum Gasteiger partial charge on any atom is -0.457 e. The molecule has 0 aliphatic heterocycles. The third-order valence-corrected chi connectivity index (χ3v) is 3.09. The SMILES string of the molecule is CCCNCc1ccccc1Oc1ccc(C)c(F)c1. The van der Waals surface area contributed by atoms with Crippen molar-refractivity contribution in [2.24, 2.45) is 0 Å². The molecule has 2 aromatic carbocycles. The molecule has 106 valence electrons. The Kier molecular flexibility index (Phi) is 5.13. The van der Waals surface area contributed by atoms with Crippen LogP contribution in [0.2, 0.25) is 0 Å². The van der Waals surface area contributed by atoms with Crippen LogP contribution in [0.4, 0.5) is 4.39 Å². The van der Waals surface area contributed by atoms with Gasteiger partial charge < -0.3 is 10.1 Å². The van der Waals surface area contributed by atoms with Crippen molar-refractivity contribution in [2.75, 3.05) is 6.54 Å². The Balaban J connectivity index is 2.13. The molecule has 0 radical (unpaired) electrons. The van der Waals surface area contributed by atoms with E-state index in [-0.39, 0.29) is 5.82 Å². The van der Waals surface area contributed by atoms with Crippen molar-refractivity contribution >= 4 is 0 Å². The fourth-order valence-corrected chi connectivity index (χ4v) is 1.91. The van der Waals surface area contributed by atoms with Crippen molar-refractivity contribution in [1.82, 2.24) is 5.32 Å². The number of aryl methyl sites for hydroxylation is 1. The predicted molar refractivity (Wildman–Crippen MR) is 79.7 cm³/mol. The quantitative estimate of drug-likeness (QED) is 0.786. The number of hydrogen-bond donors (Lipinski definition) is 1. The van der Waals surface area contributed by atoms with Crippen LogP contribution in [0, 0.1) is 12.7 Å². The van der Waals surface area contributed by atoms with E-state index in [0.29, 0.717) is 11.3 Å². The van der Waals surface area contributed by atoms with Crippen LogP contribution in [0.15, 0.2) is 42.5 Å². The van der Waals surface area contributed by atoms with E-state index in [1.807, 2.05) is 24.3 Å². The normalized spacial score (nSPS) is 10.6. The van der Waals surface area contributed by atoms with Gasteiger partial charge in [-0.1, -0.05) is 31.2 Å². The Morgan fingerprint density at radius 1 is 1.15 bits per heavy atom. The van der Waals surface area contributed by atoms with Crippen LogP contribution in [0.25, 0.3) is 0 Å². The number of benzene rings is 2. The van der Waals surface area contributed by atoms with E-state index < -0.39 is 0 Å². The Bertz CT molecular complexity index is 569. The molecule has 1 N–H and O–H groups in total. The van der Waals surface area contributed by atoms with Crippen molar-refractivity contribution < 1.29 is 9.13 Å². The molecule has 0 saturated heterocycles.